The Bertz CT molecular complexity index is 912. The highest BCUT2D eigenvalue weighted by molar-refractivity contribution is 6.42. The minimum Gasteiger partial charge on any atom is -0.339 e. The first kappa shape index (κ1) is 18.4. The van der Waals surface area contributed by atoms with Crippen LogP contribution in [0.5, 0.6) is 0 Å². The lowest BCUT2D eigenvalue weighted by Gasteiger charge is -2.35. The van der Waals surface area contributed by atoms with Gasteiger partial charge < -0.3 is 4.90 Å². The van der Waals surface area contributed by atoms with Crippen LogP contribution >= 0.6 is 23.2 Å². The molecule has 1 saturated heterocycles. The highest BCUT2D eigenvalue weighted by atomic mass is 35.5. The third-order valence-electron chi connectivity index (χ3n) is 4.98. The van der Waals surface area contributed by atoms with Crippen molar-refractivity contribution in [2.24, 2.45) is 0 Å². The molecule has 0 atom stereocenters. The number of benzene rings is 2. The van der Waals surface area contributed by atoms with E-state index in [1.54, 1.807) is 0 Å². The molecule has 2 aromatic carbocycles. The second-order valence-corrected chi connectivity index (χ2v) is 7.76. The van der Waals surface area contributed by atoms with E-state index < -0.39 is 0 Å². The molecule has 0 amide bonds. The summed E-state index contributed by atoms with van der Waals surface area (Å²) in [4.78, 5) is 9.40. The topological polar surface area (TPSA) is 24.3 Å². The highest BCUT2D eigenvalue weighted by Crippen LogP contribution is 2.24. The van der Waals surface area contributed by atoms with Gasteiger partial charge in [-0.05, 0) is 36.8 Å². The molecule has 1 aliphatic heterocycles. The van der Waals surface area contributed by atoms with E-state index in [0.717, 1.165) is 44.4 Å². The van der Waals surface area contributed by atoms with Gasteiger partial charge in [-0.25, -0.2) is 4.98 Å². The first-order valence-corrected chi connectivity index (χ1v) is 9.87. The molecule has 2 heterocycles. The minimum absolute atomic E-state index is 0.605. The van der Waals surface area contributed by atoms with Crippen molar-refractivity contribution >= 4 is 29.2 Å². The lowest BCUT2D eigenvalue weighted by molar-refractivity contribution is 0.248. The van der Waals surface area contributed by atoms with Gasteiger partial charge in [-0.3, -0.25) is 9.47 Å². The van der Waals surface area contributed by atoms with Gasteiger partial charge >= 0.3 is 0 Å². The van der Waals surface area contributed by atoms with E-state index in [1.165, 1.54) is 11.1 Å². The van der Waals surface area contributed by atoms with Crippen LogP contribution in [0.25, 0.3) is 5.69 Å². The van der Waals surface area contributed by atoms with Gasteiger partial charge in [-0.1, -0.05) is 47.0 Å². The molecule has 0 spiro atoms. The van der Waals surface area contributed by atoms with Gasteiger partial charge in [0.2, 0.25) is 5.95 Å². The normalized spacial score (nSPS) is 15.3. The number of imidazole rings is 1. The lowest BCUT2D eigenvalue weighted by atomic mass is 10.2. The first-order valence-electron chi connectivity index (χ1n) is 9.12. The van der Waals surface area contributed by atoms with Crippen LogP contribution in [0.1, 0.15) is 11.1 Å². The number of halogens is 2. The zero-order valence-corrected chi connectivity index (χ0v) is 16.8. The fourth-order valence-electron chi connectivity index (χ4n) is 3.44. The Morgan fingerprint density at radius 1 is 0.926 bits per heavy atom. The highest BCUT2D eigenvalue weighted by Gasteiger charge is 2.21. The smallest absolute Gasteiger partial charge is 0.210 e. The molecule has 0 N–H and O–H groups in total. The summed E-state index contributed by atoms with van der Waals surface area (Å²) in [7, 11) is 0. The van der Waals surface area contributed by atoms with Crippen molar-refractivity contribution in [1.29, 1.82) is 0 Å². The summed E-state index contributed by atoms with van der Waals surface area (Å²) in [6.45, 7) is 6.86. The zero-order valence-electron chi connectivity index (χ0n) is 15.3. The second-order valence-electron chi connectivity index (χ2n) is 6.94. The number of nitrogens with zero attached hydrogens (tertiary/aromatic N) is 4. The average Bonchev–Trinajstić information content (AvgIpc) is 3.16. The number of anilines is 1. The summed E-state index contributed by atoms with van der Waals surface area (Å²) in [5.74, 6) is 1.01. The van der Waals surface area contributed by atoms with Crippen LogP contribution in [-0.2, 0) is 6.54 Å². The number of hydrogen-bond donors (Lipinski definition) is 0. The van der Waals surface area contributed by atoms with E-state index in [0.29, 0.717) is 10.0 Å². The molecule has 4 nitrogen and oxygen atoms in total. The monoisotopic (exact) mass is 400 g/mol. The van der Waals surface area contributed by atoms with E-state index in [2.05, 4.69) is 50.5 Å². The molecular weight excluding hydrogens is 379 g/mol. The summed E-state index contributed by atoms with van der Waals surface area (Å²) >= 11 is 12.1. The predicted molar refractivity (Wildman–Crippen MR) is 112 cm³/mol. The summed E-state index contributed by atoms with van der Waals surface area (Å²) in [5, 5.41) is 1.22. The van der Waals surface area contributed by atoms with Crippen molar-refractivity contribution in [3.05, 3.63) is 76.0 Å². The minimum atomic E-state index is 0.605. The van der Waals surface area contributed by atoms with Gasteiger partial charge in [0, 0.05) is 50.8 Å². The molecule has 1 aromatic heterocycles. The number of piperazine rings is 1. The van der Waals surface area contributed by atoms with Crippen LogP contribution in [0.4, 0.5) is 5.95 Å². The molecule has 1 fully saturated rings. The molecular formula is C21H22Cl2N4. The molecule has 0 unspecified atom stereocenters. The Labute approximate surface area is 169 Å². The van der Waals surface area contributed by atoms with Crippen molar-refractivity contribution in [1.82, 2.24) is 14.5 Å². The fraction of sp³-hybridized carbons (Fsp3) is 0.286. The maximum absolute atomic E-state index is 6.14. The number of aryl methyl sites for hydroxylation is 1. The second kappa shape index (κ2) is 7.93. The van der Waals surface area contributed by atoms with Crippen molar-refractivity contribution < 1.29 is 0 Å². The van der Waals surface area contributed by atoms with E-state index in [9.17, 15) is 0 Å². The van der Waals surface area contributed by atoms with Crippen LogP contribution in [0.2, 0.25) is 10.0 Å². The Morgan fingerprint density at radius 2 is 1.67 bits per heavy atom. The summed E-state index contributed by atoms with van der Waals surface area (Å²) < 4.78 is 2.16. The molecule has 6 heteroatoms. The standard InChI is InChI=1S/C21H22Cl2N4/c1-16-2-5-18(6-3-16)27-9-8-24-21(27)26-12-10-25(11-13-26)15-17-4-7-19(22)20(23)14-17/h2-9,14H,10-13,15H2,1H3. The lowest BCUT2D eigenvalue weighted by Crippen LogP contribution is -2.46. The maximum atomic E-state index is 6.14. The average molecular weight is 401 g/mol. The Morgan fingerprint density at radius 3 is 2.37 bits per heavy atom. The van der Waals surface area contributed by atoms with E-state index in [1.807, 2.05) is 30.6 Å². The van der Waals surface area contributed by atoms with Crippen LogP contribution < -0.4 is 4.90 Å². The molecule has 27 heavy (non-hydrogen) atoms. The van der Waals surface area contributed by atoms with Crippen molar-refractivity contribution in [2.45, 2.75) is 13.5 Å². The Kier molecular flexibility index (Phi) is 5.39. The zero-order chi connectivity index (χ0) is 18.8. The van der Waals surface area contributed by atoms with Crippen LogP contribution in [0, 0.1) is 6.92 Å². The first-order chi connectivity index (χ1) is 13.1. The quantitative estimate of drug-likeness (QED) is 0.627. The van der Waals surface area contributed by atoms with Gasteiger partial charge in [0.25, 0.3) is 0 Å². The van der Waals surface area contributed by atoms with Crippen molar-refractivity contribution in [3.8, 4) is 5.69 Å². The van der Waals surface area contributed by atoms with Gasteiger partial charge in [0.05, 0.1) is 10.0 Å². The largest absolute Gasteiger partial charge is 0.339 e. The number of aromatic nitrogens is 2. The van der Waals surface area contributed by atoms with Crippen LogP contribution in [-0.4, -0.2) is 40.6 Å². The summed E-state index contributed by atoms with van der Waals surface area (Å²) in [6, 6.07) is 14.4. The third kappa shape index (κ3) is 4.13. The van der Waals surface area contributed by atoms with E-state index in [4.69, 9.17) is 23.2 Å². The number of hydrogen-bond acceptors (Lipinski definition) is 3. The molecule has 0 bridgehead atoms. The van der Waals surface area contributed by atoms with Gasteiger partial charge in [0.1, 0.15) is 0 Å². The van der Waals surface area contributed by atoms with Gasteiger partial charge in [-0.2, -0.15) is 0 Å². The van der Waals surface area contributed by atoms with E-state index >= 15 is 0 Å². The van der Waals surface area contributed by atoms with Crippen LogP contribution in [0.15, 0.2) is 54.9 Å². The van der Waals surface area contributed by atoms with Gasteiger partial charge in [-0.15, -0.1) is 0 Å². The molecule has 0 aliphatic carbocycles. The summed E-state index contributed by atoms with van der Waals surface area (Å²) in [5.41, 5.74) is 3.60. The predicted octanol–water partition coefficient (Wildman–Crippen LogP) is 4.81. The molecule has 140 valence electrons. The van der Waals surface area contributed by atoms with Crippen LogP contribution in [0.3, 0.4) is 0 Å². The molecule has 3 aromatic rings. The van der Waals surface area contributed by atoms with E-state index in [-0.39, 0.29) is 0 Å². The number of rotatable bonds is 4. The molecule has 0 saturated carbocycles. The van der Waals surface area contributed by atoms with Crippen molar-refractivity contribution in [3.63, 3.8) is 0 Å². The third-order valence-corrected chi connectivity index (χ3v) is 5.72. The maximum Gasteiger partial charge on any atom is 0.210 e. The fourth-order valence-corrected chi connectivity index (χ4v) is 3.76. The molecule has 1 aliphatic rings. The molecule has 0 radical (unpaired) electrons. The Hall–Kier alpha value is -2.01. The molecule has 4 rings (SSSR count). The summed E-state index contributed by atoms with van der Waals surface area (Å²) in [6.07, 6.45) is 3.90. The Balaban J connectivity index is 1.42. The van der Waals surface area contributed by atoms with Gasteiger partial charge in [0.15, 0.2) is 0 Å². The SMILES string of the molecule is Cc1ccc(-n2ccnc2N2CCN(Cc3ccc(Cl)c(Cl)c3)CC2)cc1. The van der Waals surface area contributed by atoms with Crippen molar-refractivity contribution in [2.75, 3.05) is 31.1 Å².